The van der Waals surface area contributed by atoms with Crippen LogP contribution in [0.1, 0.15) is 52.4 Å². The Hall–Kier alpha value is 0.310. The van der Waals surface area contributed by atoms with Gasteiger partial charge in [0.25, 0.3) is 0 Å². The summed E-state index contributed by atoms with van der Waals surface area (Å²) in [5, 5.41) is 4.14. The third-order valence-electron chi connectivity index (χ3n) is 6.27. The van der Waals surface area contributed by atoms with E-state index < -0.39 is 0 Å². The molecule has 5 fully saturated rings. The Bertz CT molecular complexity index is 323. The van der Waals surface area contributed by atoms with Gasteiger partial charge >= 0.3 is 0 Å². The van der Waals surface area contributed by atoms with Crippen molar-refractivity contribution in [2.24, 2.45) is 29.1 Å². The van der Waals surface area contributed by atoms with Crippen LogP contribution >= 0.6 is 11.8 Å². The van der Waals surface area contributed by atoms with Crippen molar-refractivity contribution in [1.29, 1.82) is 0 Å². The van der Waals surface area contributed by atoms with Crippen molar-refractivity contribution in [2.75, 3.05) is 11.5 Å². The molecule has 1 heterocycles. The summed E-state index contributed by atoms with van der Waals surface area (Å²) < 4.78 is 0. The molecule has 0 radical (unpaired) electrons. The van der Waals surface area contributed by atoms with Crippen LogP contribution < -0.4 is 5.32 Å². The maximum Gasteiger partial charge on any atom is 0.0166 e. The number of hydrogen-bond acceptors (Lipinski definition) is 2. The summed E-state index contributed by atoms with van der Waals surface area (Å²) in [4.78, 5) is 0. The van der Waals surface area contributed by atoms with Crippen LogP contribution in [0.25, 0.3) is 0 Å². The lowest BCUT2D eigenvalue weighted by molar-refractivity contribution is -0.0183. The smallest absolute Gasteiger partial charge is 0.0166 e. The van der Waals surface area contributed by atoms with Gasteiger partial charge in [0.2, 0.25) is 0 Å². The van der Waals surface area contributed by atoms with Gasteiger partial charge in [-0.1, -0.05) is 13.8 Å². The van der Waals surface area contributed by atoms with Gasteiger partial charge in [-0.3, -0.25) is 0 Å². The average molecular weight is 279 g/mol. The van der Waals surface area contributed by atoms with E-state index in [1.807, 2.05) is 0 Å². The zero-order chi connectivity index (χ0) is 13.0. The minimum atomic E-state index is 0.548. The van der Waals surface area contributed by atoms with Crippen molar-refractivity contribution >= 4 is 11.8 Å². The fraction of sp³-hybridized carbons (Fsp3) is 1.00. The molecule has 5 aliphatic rings. The van der Waals surface area contributed by atoms with Crippen molar-refractivity contribution < 1.29 is 0 Å². The van der Waals surface area contributed by atoms with E-state index in [4.69, 9.17) is 0 Å². The molecule has 19 heavy (non-hydrogen) atoms. The van der Waals surface area contributed by atoms with Gasteiger partial charge in [0, 0.05) is 17.8 Å². The van der Waals surface area contributed by atoms with Crippen molar-refractivity contribution in [3.63, 3.8) is 0 Å². The summed E-state index contributed by atoms with van der Waals surface area (Å²) in [7, 11) is 0. The first kappa shape index (κ1) is 13.0. The van der Waals surface area contributed by atoms with Crippen LogP contribution in [0.3, 0.4) is 0 Å². The SMILES string of the molecule is CC1(C)CSCC(NC2C3CC4CC(C3)CC2C4)C1. The third-order valence-corrected chi connectivity index (χ3v) is 7.89. The highest BCUT2D eigenvalue weighted by Gasteiger charge is 2.48. The van der Waals surface area contributed by atoms with Crippen molar-refractivity contribution in [3.8, 4) is 0 Å². The predicted molar refractivity (Wildman–Crippen MR) is 83.5 cm³/mol. The molecule has 1 nitrogen and oxygen atoms in total. The first-order valence-corrected chi connectivity index (χ1v) is 9.58. The van der Waals surface area contributed by atoms with E-state index >= 15 is 0 Å². The van der Waals surface area contributed by atoms with E-state index in [2.05, 4.69) is 30.9 Å². The first-order valence-electron chi connectivity index (χ1n) is 8.43. The van der Waals surface area contributed by atoms with E-state index in [0.29, 0.717) is 5.41 Å². The van der Waals surface area contributed by atoms with Crippen molar-refractivity contribution in [2.45, 2.75) is 64.5 Å². The van der Waals surface area contributed by atoms with E-state index in [9.17, 15) is 0 Å². The number of rotatable bonds is 2. The summed E-state index contributed by atoms with van der Waals surface area (Å²) >= 11 is 2.17. The van der Waals surface area contributed by atoms with Crippen LogP contribution in [0.5, 0.6) is 0 Å². The van der Waals surface area contributed by atoms with Gasteiger partial charge in [0.1, 0.15) is 0 Å². The van der Waals surface area contributed by atoms with E-state index in [0.717, 1.165) is 35.8 Å². The second-order valence-corrected chi connectivity index (χ2v) is 9.73. The molecule has 0 aromatic rings. The Morgan fingerprint density at radius 1 is 0.947 bits per heavy atom. The Labute approximate surface area is 122 Å². The quantitative estimate of drug-likeness (QED) is 0.822. The van der Waals surface area contributed by atoms with Gasteiger partial charge in [-0.2, -0.15) is 11.8 Å². The minimum absolute atomic E-state index is 0.548. The van der Waals surface area contributed by atoms with Gasteiger partial charge < -0.3 is 5.32 Å². The maximum absolute atomic E-state index is 4.14. The van der Waals surface area contributed by atoms with Crippen LogP contribution in [0.4, 0.5) is 0 Å². The zero-order valence-corrected chi connectivity index (χ0v) is 13.3. The zero-order valence-electron chi connectivity index (χ0n) is 12.5. The third kappa shape index (κ3) is 2.48. The molecule has 4 bridgehead atoms. The van der Waals surface area contributed by atoms with Gasteiger partial charge in [0.15, 0.2) is 0 Å². The highest BCUT2D eigenvalue weighted by Crippen LogP contribution is 2.54. The Balaban J connectivity index is 1.43. The molecule has 1 saturated heterocycles. The lowest BCUT2D eigenvalue weighted by Gasteiger charge is -2.55. The highest BCUT2D eigenvalue weighted by atomic mass is 32.2. The molecule has 1 N–H and O–H groups in total. The molecular weight excluding hydrogens is 250 g/mol. The molecule has 2 heteroatoms. The number of thioether (sulfide) groups is 1. The molecule has 0 aromatic carbocycles. The van der Waals surface area contributed by atoms with E-state index in [1.54, 1.807) is 32.1 Å². The Morgan fingerprint density at radius 2 is 1.58 bits per heavy atom. The fourth-order valence-corrected chi connectivity index (χ4v) is 7.13. The summed E-state index contributed by atoms with van der Waals surface area (Å²) in [6.07, 6.45) is 9.17. The lowest BCUT2D eigenvalue weighted by atomic mass is 9.54. The Morgan fingerprint density at radius 3 is 2.16 bits per heavy atom. The van der Waals surface area contributed by atoms with Gasteiger partial charge in [0.05, 0.1) is 0 Å². The highest BCUT2D eigenvalue weighted by molar-refractivity contribution is 7.99. The minimum Gasteiger partial charge on any atom is -0.310 e. The molecule has 4 saturated carbocycles. The topological polar surface area (TPSA) is 12.0 Å². The normalized spacial score (nSPS) is 51.5. The molecule has 4 aliphatic carbocycles. The summed E-state index contributed by atoms with van der Waals surface area (Å²) in [6, 6.07) is 1.67. The van der Waals surface area contributed by atoms with Crippen LogP contribution in [0.2, 0.25) is 0 Å². The molecule has 0 aromatic heterocycles. The summed E-state index contributed by atoms with van der Waals surface area (Å²) in [5.41, 5.74) is 0.548. The largest absolute Gasteiger partial charge is 0.310 e. The van der Waals surface area contributed by atoms with E-state index in [-0.39, 0.29) is 0 Å². The van der Waals surface area contributed by atoms with Crippen LogP contribution in [0.15, 0.2) is 0 Å². The van der Waals surface area contributed by atoms with Crippen LogP contribution in [-0.4, -0.2) is 23.6 Å². The fourth-order valence-electron chi connectivity index (χ4n) is 5.84. The molecule has 0 spiro atoms. The standard InChI is InChI=1S/C17H29NS/c1-17(2)8-15(9-19-10-17)18-16-13-4-11-3-12(6-13)7-14(16)5-11/h11-16,18H,3-10H2,1-2H3. The molecular formula is C17H29NS. The van der Waals surface area contributed by atoms with Crippen LogP contribution in [0, 0.1) is 29.1 Å². The molecule has 1 unspecified atom stereocenters. The second kappa shape index (κ2) is 4.66. The summed E-state index contributed by atoms with van der Waals surface area (Å²) in [6.45, 7) is 4.90. The maximum atomic E-state index is 4.14. The average Bonchev–Trinajstić information content (AvgIpc) is 2.31. The summed E-state index contributed by atoms with van der Waals surface area (Å²) in [5.74, 6) is 6.99. The van der Waals surface area contributed by atoms with E-state index in [1.165, 1.54) is 17.9 Å². The van der Waals surface area contributed by atoms with Gasteiger partial charge in [-0.15, -0.1) is 0 Å². The number of nitrogens with one attached hydrogen (secondary N) is 1. The molecule has 0 amide bonds. The molecule has 1 atom stereocenters. The van der Waals surface area contributed by atoms with Gasteiger partial charge in [-0.05, 0) is 73.4 Å². The molecule has 1 aliphatic heterocycles. The van der Waals surface area contributed by atoms with Crippen molar-refractivity contribution in [3.05, 3.63) is 0 Å². The monoisotopic (exact) mass is 279 g/mol. The van der Waals surface area contributed by atoms with Crippen molar-refractivity contribution in [1.82, 2.24) is 5.32 Å². The molecule has 5 rings (SSSR count). The Kier molecular flexibility index (Phi) is 3.19. The number of hydrogen-bond donors (Lipinski definition) is 1. The second-order valence-electron chi connectivity index (χ2n) is 8.70. The van der Waals surface area contributed by atoms with Gasteiger partial charge in [-0.25, -0.2) is 0 Å². The lowest BCUT2D eigenvalue weighted by Crippen LogP contribution is -2.58. The predicted octanol–water partition coefficient (Wildman–Crippen LogP) is 3.93. The first-order chi connectivity index (χ1) is 9.09. The molecule has 108 valence electrons. The van der Waals surface area contributed by atoms with Crippen LogP contribution in [-0.2, 0) is 0 Å².